The van der Waals surface area contributed by atoms with Crippen LogP contribution in [0, 0.1) is 5.41 Å². The molecule has 202 valence electrons. The van der Waals surface area contributed by atoms with Crippen LogP contribution >= 0.6 is 11.6 Å². The second-order valence-electron chi connectivity index (χ2n) is 13.8. The highest BCUT2D eigenvalue weighted by Crippen LogP contribution is 2.49. The number of allylic oxidation sites excluding steroid dienone is 2. The molecule has 2 aliphatic rings. The summed E-state index contributed by atoms with van der Waals surface area (Å²) in [7, 11) is -2.01. The molecule has 2 atom stereocenters. The quantitative estimate of drug-likeness (QED) is 0.372. The fourth-order valence-electron chi connectivity index (χ4n) is 5.62. The maximum absolute atomic E-state index is 12.0. The van der Waals surface area contributed by atoms with Gasteiger partial charge in [0.05, 0.1) is 5.76 Å². The smallest absolute Gasteiger partial charge is 0.250 e. The first-order valence-electron chi connectivity index (χ1n) is 14.0. The number of halogens is 1. The van der Waals surface area contributed by atoms with E-state index in [2.05, 4.69) is 67.6 Å². The van der Waals surface area contributed by atoms with Crippen molar-refractivity contribution in [2.75, 3.05) is 0 Å². The Morgan fingerprint density at radius 2 is 1.78 bits per heavy atom. The maximum Gasteiger partial charge on any atom is 0.250 e. The van der Waals surface area contributed by atoms with E-state index in [-0.39, 0.29) is 22.3 Å². The van der Waals surface area contributed by atoms with Crippen LogP contribution in [0.3, 0.4) is 0 Å². The van der Waals surface area contributed by atoms with Crippen molar-refractivity contribution in [3.8, 4) is 0 Å². The number of aromatic nitrogens is 1. The lowest BCUT2D eigenvalue weighted by atomic mass is 9.71. The van der Waals surface area contributed by atoms with E-state index in [1.807, 2.05) is 24.3 Å². The van der Waals surface area contributed by atoms with Crippen molar-refractivity contribution in [2.24, 2.45) is 5.41 Å². The monoisotopic (exact) mass is 539 g/mol. The van der Waals surface area contributed by atoms with Gasteiger partial charge in [0, 0.05) is 27.9 Å². The van der Waals surface area contributed by atoms with Crippen molar-refractivity contribution in [1.29, 1.82) is 0 Å². The number of hydrogen-bond donors (Lipinski definition) is 1. The van der Waals surface area contributed by atoms with Gasteiger partial charge in [-0.15, -0.1) is 0 Å². The van der Waals surface area contributed by atoms with Crippen LogP contribution in [0.5, 0.6) is 0 Å². The van der Waals surface area contributed by atoms with Crippen LogP contribution in [-0.4, -0.2) is 18.4 Å². The van der Waals surface area contributed by atoms with Gasteiger partial charge in [0.25, 0.3) is 0 Å². The minimum atomic E-state index is -2.01. The van der Waals surface area contributed by atoms with Gasteiger partial charge in [0.1, 0.15) is 6.10 Å². The summed E-state index contributed by atoms with van der Waals surface area (Å²) >= 11 is 6.20. The summed E-state index contributed by atoms with van der Waals surface area (Å²) in [6.45, 7) is 20.7. The largest absolute Gasteiger partial charge is 0.546 e. The Labute approximate surface area is 230 Å². The molecule has 0 radical (unpaired) electrons. The van der Waals surface area contributed by atoms with E-state index >= 15 is 0 Å². The van der Waals surface area contributed by atoms with Crippen LogP contribution in [0.2, 0.25) is 23.2 Å². The summed E-state index contributed by atoms with van der Waals surface area (Å²) in [5, 5.41) is 12.8. The number of fused-ring (bicyclic) bond motifs is 1. The number of rotatable bonds is 6. The first-order chi connectivity index (χ1) is 17.1. The van der Waals surface area contributed by atoms with Gasteiger partial charge in [-0.3, -0.25) is 4.98 Å². The van der Waals surface area contributed by atoms with Crippen LogP contribution in [-0.2, 0) is 17.3 Å². The second kappa shape index (κ2) is 10.2. The highest BCUT2D eigenvalue weighted by Gasteiger charge is 2.43. The molecule has 0 saturated carbocycles. The summed E-state index contributed by atoms with van der Waals surface area (Å²) in [6, 6.07) is 7.62. The van der Waals surface area contributed by atoms with Crippen LogP contribution in [0.25, 0.3) is 0 Å². The van der Waals surface area contributed by atoms with Crippen LogP contribution < -0.4 is 0 Å². The lowest BCUT2D eigenvalue weighted by Crippen LogP contribution is -2.41. The molecule has 1 aromatic carbocycles. The molecule has 0 aliphatic heterocycles. The SMILES string of the molecule is CC(C)c1nc2c(c([C@@H]3CCC=C3O[Si](C)(C)C(C)(C)C)c1[C@H](O)c1ccc(Cl)cc1)CCC(C)(C)C2. The maximum atomic E-state index is 12.0. The van der Waals surface area contributed by atoms with Gasteiger partial charge in [-0.25, -0.2) is 0 Å². The first kappa shape index (κ1) is 28.4. The van der Waals surface area contributed by atoms with Crippen molar-refractivity contribution in [3.63, 3.8) is 0 Å². The third kappa shape index (κ3) is 5.72. The van der Waals surface area contributed by atoms with Gasteiger partial charge in [-0.2, -0.15) is 0 Å². The average molecular weight is 540 g/mol. The summed E-state index contributed by atoms with van der Waals surface area (Å²) in [5.41, 5.74) is 6.96. The Morgan fingerprint density at radius 1 is 1.14 bits per heavy atom. The average Bonchev–Trinajstić information content (AvgIpc) is 3.23. The van der Waals surface area contributed by atoms with E-state index in [9.17, 15) is 5.11 Å². The zero-order valence-electron chi connectivity index (χ0n) is 24.3. The van der Waals surface area contributed by atoms with Gasteiger partial charge in [0.2, 0.25) is 8.32 Å². The van der Waals surface area contributed by atoms with E-state index < -0.39 is 14.4 Å². The predicted molar refractivity (Wildman–Crippen MR) is 158 cm³/mol. The number of hydrogen-bond acceptors (Lipinski definition) is 3. The Hall–Kier alpha value is -1.62. The molecule has 0 spiro atoms. The van der Waals surface area contributed by atoms with Crippen LogP contribution in [0.15, 0.2) is 36.1 Å². The molecule has 4 rings (SSSR count). The minimum absolute atomic E-state index is 0.122. The summed E-state index contributed by atoms with van der Waals surface area (Å²) < 4.78 is 7.00. The molecule has 1 heterocycles. The normalized spacial score (nSPS) is 20.5. The second-order valence-corrected chi connectivity index (χ2v) is 19.0. The van der Waals surface area contributed by atoms with Crippen molar-refractivity contribution < 1.29 is 9.53 Å². The van der Waals surface area contributed by atoms with E-state index in [0.29, 0.717) is 5.02 Å². The number of benzene rings is 1. The molecular weight excluding hydrogens is 494 g/mol. The molecule has 1 aromatic heterocycles. The van der Waals surface area contributed by atoms with Gasteiger partial charge >= 0.3 is 0 Å². The number of aliphatic hydroxyl groups is 1. The van der Waals surface area contributed by atoms with Gasteiger partial charge in [0.15, 0.2) is 0 Å². The number of aliphatic hydroxyl groups excluding tert-OH is 1. The Morgan fingerprint density at radius 3 is 2.38 bits per heavy atom. The molecule has 3 nitrogen and oxygen atoms in total. The highest BCUT2D eigenvalue weighted by molar-refractivity contribution is 6.74. The fraction of sp³-hybridized carbons (Fsp3) is 0.594. The molecule has 2 aromatic rings. The molecule has 0 fully saturated rings. The minimum Gasteiger partial charge on any atom is -0.546 e. The first-order valence-corrected chi connectivity index (χ1v) is 17.3. The molecule has 2 aliphatic carbocycles. The van der Waals surface area contributed by atoms with Crippen molar-refractivity contribution in [2.45, 2.75) is 117 Å². The molecular formula is C32H46ClNO2Si. The summed E-state index contributed by atoms with van der Waals surface area (Å²) in [4.78, 5) is 5.31. The third-order valence-electron chi connectivity index (χ3n) is 8.87. The standard InChI is InChI=1S/C32H46ClNO2Si/c1-20(2)29-28(30(35)21-13-15-22(33)16-14-21)27(23-17-18-32(6,7)19-25(23)34-29)24-11-10-12-26(24)36-37(8,9)31(3,4)5/h12-16,20,24,30,35H,10-11,17-19H2,1-9H3/t24-,30-/m1/s1. The van der Waals surface area contributed by atoms with Gasteiger partial charge < -0.3 is 9.53 Å². The van der Waals surface area contributed by atoms with Crippen molar-refractivity contribution in [3.05, 3.63) is 74.8 Å². The van der Waals surface area contributed by atoms with Crippen molar-refractivity contribution in [1.82, 2.24) is 4.98 Å². The van der Waals surface area contributed by atoms with Crippen molar-refractivity contribution >= 4 is 19.9 Å². The Bertz CT molecular complexity index is 1170. The number of pyridine rings is 1. The zero-order valence-corrected chi connectivity index (χ0v) is 26.1. The highest BCUT2D eigenvalue weighted by atomic mass is 35.5. The predicted octanol–water partition coefficient (Wildman–Crippen LogP) is 9.24. The van der Waals surface area contributed by atoms with Gasteiger partial charge in [-0.1, -0.05) is 72.2 Å². The Kier molecular flexibility index (Phi) is 7.80. The zero-order chi connectivity index (χ0) is 27.3. The molecule has 37 heavy (non-hydrogen) atoms. The topological polar surface area (TPSA) is 42.4 Å². The molecule has 0 bridgehead atoms. The summed E-state index contributed by atoms with van der Waals surface area (Å²) in [6.07, 6.45) is 6.67. The van der Waals surface area contributed by atoms with E-state index in [1.165, 1.54) is 16.8 Å². The van der Waals surface area contributed by atoms with E-state index in [1.54, 1.807) is 0 Å². The molecule has 0 unspecified atom stereocenters. The molecule has 5 heteroatoms. The van der Waals surface area contributed by atoms with E-state index in [0.717, 1.165) is 54.7 Å². The molecule has 0 saturated heterocycles. The molecule has 1 N–H and O–H groups in total. The lowest BCUT2D eigenvalue weighted by molar-refractivity contribution is 0.214. The summed E-state index contributed by atoms with van der Waals surface area (Å²) in [5.74, 6) is 1.46. The van der Waals surface area contributed by atoms with E-state index in [4.69, 9.17) is 21.0 Å². The van der Waals surface area contributed by atoms with Gasteiger partial charge in [-0.05, 0) is 96.5 Å². The molecule has 0 amide bonds. The lowest BCUT2D eigenvalue weighted by Gasteiger charge is -2.40. The fourth-order valence-corrected chi connectivity index (χ4v) is 6.87. The van der Waals surface area contributed by atoms with Crippen LogP contribution in [0.4, 0.5) is 0 Å². The van der Waals surface area contributed by atoms with Crippen LogP contribution in [0.1, 0.15) is 119 Å². The third-order valence-corrected chi connectivity index (χ3v) is 13.5. The Balaban J connectivity index is 1.93. The number of nitrogens with zero attached hydrogens (tertiary/aromatic N) is 1.